The smallest absolute Gasteiger partial charge is 0.269 e. The van der Waals surface area contributed by atoms with Gasteiger partial charge in [0.15, 0.2) is 0 Å². The van der Waals surface area contributed by atoms with Crippen molar-refractivity contribution in [3.05, 3.63) is 63.7 Å². The molecule has 1 aliphatic rings. The summed E-state index contributed by atoms with van der Waals surface area (Å²) in [7, 11) is 0. The standard InChI is InChI=1S/C19H19N3O4/c1-12-3-4-15(9-13(12)2)20-19(24)14-10-18(23)21(11-14)16-5-7-17(8-6-16)22(25)26/h3-9,14H,10-11H2,1-2H3,(H,20,24)/t14-/m1/s1. The van der Waals surface area contributed by atoms with Crippen LogP contribution < -0.4 is 10.2 Å². The maximum absolute atomic E-state index is 12.5. The van der Waals surface area contributed by atoms with Crippen molar-refractivity contribution in [3.8, 4) is 0 Å². The number of amides is 2. The second-order valence-electron chi connectivity index (χ2n) is 6.47. The van der Waals surface area contributed by atoms with Crippen LogP contribution in [-0.2, 0) is 9.59 Å². The fourth-order valence-corrected chi connectivity index (χ4v) is 2.95. The number of hydrogen-bond acceptors (Lipinski definition) is 4. The molecular weight excluding hydrogens is 334 g/mol. The predicted octanol–water partition coefficient (Wildman–Crippen LogP) is 3.20. The number of nitrogens with zero attached hydrogens (tertiary/aromatic N) is 2. The highest BCUT2D eigenvalue weighted by Gasteiger charge is 2.35. The molecule has 26 heavy (non-hydrogen) atoms. The number of nitrogens with one attached hydrogen (secondary N) is 1. The number of hydrogen-bond donors (Lipinski definition) is 1. The summed E-state index contributed by atoms with van der Waals surface area (Å²) in [5.41, 5.74) is 3.45. The van der Waals surface area contributed by atoms with E-state index < -0.39 is 10.8 Å². The molecule has 0 saturated carbocycles. The van der Waals surface area contributed by atoms with Crippen molar-refractivity contribution in [1.82, 2.24) is 0 Å². The second kappa shape index (κ2) is 6.95. The topological polar surface area (TPSA) is 92.6 Å². The van der Waals surface area contributed by atoms with Crippen molar-refractivity contribution in [3.63, 3.8) is 0 Å². The van der Waals surface area contributed by atoms with E-state index in [9.17, 15) is 19.7 Å². The number of non-ortho nitro benzene ring substituents is 1. The molecule has 1 heterocycles. The summed E-state index contributed by atoms with van der Waals surface area (Å²) in [6.45, 7) is 4.23. The number of rotatable bonds is 4. The Morgan fingerprint density at radius 2 is 1.85 bits per heavy atom. The van der Waals surface area contributed by atoms with E-state index in [0.29, 0.717) is 11.4 Å². The zero-order valence-corrected chi connectivity index (χ0v) is 14.6. The number of benzene rings is 2. The van der Waals surface area contributed by atoms with Crippen LogP contribution >= 0.6 is 0 Å². The summed E-state index contributed by atoms with van der Waals surface area (Å²) in [6.07, 6.45) is 0.119. The van der Waals surface area contributed by atoms with Crippen LogP contribution in [0.5, 0.6) is 0 Å². The highest BCUT2D eigenvalue weighted by atomic mass is 16.6. The van der Waals surface area contributed by atoms with Crippen molar-refractivity contribution < 1.29 is 14.5 Å². The fraction of sp³-hybridized carbons (Fsp3) is 0.263. The lowest BCUT2D eigenvalue weighted by atomic mass is 10.1. The van der Waals surface area contributed by atoms with Gasteiger partial charge in [-0.1, -0.05) is 6.07 Å². The van der Waals surface area contributed by atoms with Gasteiger partial charge in [-0.2, -0.15) is 0 Å². The molecule has 1 fully saturated rings. The van der Waals surface area contributed by atoms with Gasteiger partial charge in [0.05, 0.1) is 10.8 Å². The van der Waals surface area contributed by atoms with Gasteiger partial charge in [-0.3, -0.25) is 19.7 Å². The molecule has 1 aliphatic heterocycles. The van der Waals surface area contributed by atoms with Gasteiger partial charge in [0.2, 0.25) is 11.8 Å². The molecule has 0 bridgehead atoms. The molecule has 2 aromatic rings. The summed E-state index contributed by atoms with van der Waals surface area (Å²) in [6, 6.07) is 11.4. The summed E-state index contributed by atoms with van der Waals surface area (Å²) in [4.78, 5) is 36.5. The summed E-state index contributed by atoms with van der Waals surface area (Å²) in [5.74, 6) is -0.829. The van der Waals surface area contributed by atoms with Crippen molar-refractivity contribution >= 4 is 28.9 Å². The third-order valence-corrected chi connectivity index (χ3v) is 4.64. The molecule has 134 valence electrons. The second-order valence-corrected chi connectivity index (χ2v) is 6.47. The molecule has 0 aliphatic carbocycles. The fourth-order valence-electron chi connectivity index (χ4n) is 2.95. The lowest BCUT2D eigenvalue weighted by Crippen LogP contribution is -2.28. The molecule has 3 rings (SSSR count). The molecule has 1 N–H and O–H groups in total. The van der Waals surface area contributed by atoms with Crippen molar-refractivity contribution in [1.29, 1.82) is 0 Å². The van der Waals surface area contributed by atoms with Crippen molar-refractivity contribution in [2.24, 2.45) is 5.92 Å². The predicted molar refractivity (Wildman–Crippen MR) is 98.1 cm³/mol. The first-order valence-corrected chi connectivity index (χ1v) is 8.28. The van der Waals surface area contributed by atoms with Crippen LogP contribution in [0.15, 0.2) is 42.5 Å². The molecule has 7 nitrogen and oxygen atoms in total. The first-order chi connectivity index (χ1) is 12.3. The van der Waals surface area contributed by atoms with E-state index >= 15 is 0 Å². The number of aryl methyl sites for hydroxylation is 2. The number of anilines is 2. The number of nitro benzene ring substituents is 1. The first kappa shape index (κ1) is 17.6. The monoisotopic (exact) mass is 353 g/mol. The number of nitro groups is 1. The van der Waals surface area contributed by atoms with Crippen LogP contribution in [0.2, 0.25) is 0 Å². The van der Waals surface area contributed by atoms with Gasteiger partial charge in [-0.05, 0) is 49.2 Å². The van der Waals surface area contributed by atoms with Gasteiger partial charge < -0.3 is 10.2 Å². The molecule has 2 aromatic carbocycles. The molecule has 1 saturated heterocycles. The maximum Gasteiger partial charge on any atom is 0.269 e. The van der Waals surface area contributed by atoms with E-state index in [4.69, 9.17) is 0 Å². The van der Waals surface area contributed by atoms with Gasteiger partial charge in [0.25, 0.3) is 5.69 Å². The molecule has 0 unspecified atom stereocenters. The Balaban J connectivity index is 1.69. The van der Waals surface area contributed by atoms with Gasteiger partial charge in [0.1, 0.15) is 0 Å². The minimum absolute atomic E-state index is 0.0376. The van der Waals surface area contributed by atoms with Crippen LogP contribution in [0.3, 0.4) is 0 Å². The number of carbonyl (C=O) groups excluding carboxylic acids is 2. The van der Waals surface area contributed by atoms with Crippen LogP contribution in [0.1, 0.15) is 17.5 Å². The van der Waals surface area contributed by atoms with E-state index in [1.807, 2.05) is 32.0 Å². The van der Waals surface area contributed by atoms with Gasteiger partial charge in [-0.25, -0.2) is 0 Å². The third-order valence-electron chi connectivity index (χ3n) is 4.64. The van der Waals surface area contributed by atoms with Crippen molar-refractivity contribution in [2.45, 2.75) is 20.3 Å². The highest BCUT2D eigenvalue weighted by molar-refractivity contribution is 6.03. The SMILES string of the molecule is Cc1ccc(NC(=O)[C@@H]2CC(=O)N(c3ccc([N+](=O)[O-])cc3)C2)cc1C. The average Bonchev–Trinajstić information content (AvgIpc) is 3.00. The Morgan fingerprint density at radius 3 is 2.46 bits per heavy atom. The van der Waals surface area contributed by atoms with Gasteiger partial charge in [-0.15, -0.1) is 0 Å². The Morgan fingerprint density at radius 1 is 1.15 bits per heavy atom. The Hall–Kier alpha value is -3.22. The average molecular weight is 353 g/mol. The Bertz CT molecular complexity index is 877. The van der Waals surface area contributed by atoms with Crippen LogP contribution in [0.25, 0.3) is 0 Å². The van der Waals surface area contributed by atoms with Crippen LogP contribution in [0, 0.1) is 29.9 Å². The zero-order chi connectivity index (χ0) is 18.8. The van der Waals surface area contributed by atoms with E-state index in [1.54, 1.807) is 0 Å². The normalized spacial score (nSPS) is 16.6. The van der Waals surface area contributed by atoms with E-state index in [0.717, 1.165) is 11.1 Å². The molecule has 0 spiro atoms. The van der Waals surface area contributed by atoms with Gasteiger partial charge >= 0.3 is 0 Å². The van der Waals surface area contributed by atoms with E-state index in [-0.39, 0.29) is 30.5 Å². The zero-order valence-electron chi connectivity index (χ0n) is 14.6. The van der Waals surface area contributed by atoms with Crippen LogP contribution in [0.4, 0.5) is 17.1 Å². The lowest BCUT2D eigenvalue weighted by Gasteiger charge is -2.16. The lowest BCUT2D eigenvalue weighted by molar-refractivity contribution is -0.384. The highest BCUT2D eigenvalue weighted by Crippen LogP contribution is 2.27. The first-order valence-electron chi connectivity index (χ1n) is 8.28. The largest absolute Gasteiger partial charge is 0.326 e. The molecular formula is C19H19N3O4. The quantitative estimate of drug-likeness (QED) is 0.675. The van der Waals surface area contributed by atoms with Crippen molar-refractivity contribution in [2.75, 3.05) is 16.8 Å². The Kier molecular flexibility index (Phi) is 4.71. The Labute approximate surface area is 150 Å². The summed E-state index contributed by atoms with van der Waals surface area (Å²) >= 11 is 0. The number of carbonyl (C=O) groups is 2. The van der Waals surface area contributed by atoms with Gasteiger partial charge in [0, 0.05) is 36.5 Å². The van der Waals surface area contributed by atoms with Crippen LogP contribution in [-0.4, -0.2) is 23.3 Å². The molecule has 1 atom stereocenters. The summed E-state index contributed by atoms with van der Waals surface area (Å²) < 4.78 is 0. The molecule has 7 heteroatoms. The maximum atomic E-state index is 12.5. The molecule has 0 aromatic heterocycles. The third kappa shape index (κ3) is 3.56. The minimum atomic E-state index is -0.491. The summed E-state index contributed by atoms with van der Waals surface area (Å²) in [5, 5.41) is 13.6. The van der Waals surface area contributed by atoms with E-state index in [2.05, 4.69) is 5.32 Å². The minimum Gasteiger partial charge on any atom is -0.326 e. The molecule has 2 amide bonds. The van der Waals surface area contributed by atoms with E-state index in [1.165, 1.54) is 29.2 Å². The molecule has 0 radical (unpaired) electrons.